The summed E-state index contributed by atoms with van der Waals surface area (Å²) in [5, 5.41) is 0. The maximum atomic E-state index is 6.03. The van der Waals surface area contributed by atoms with E-state index in [1.54, 1.807) is 0 Å². The number of hydrogen-bond donors (Lipinski definition) is 1. The predicted molar refractivity (Wildman–Crippen MR) is 84.3 cm³/mol. The van der Waals surface area contributed by atoms with Crippen LogP contribution in [-0.2, 0) is 0 Å². The highest BCUT2D eigenvalue weighted by Gasteiger charge is 2.10. The average molecular weight is 269 g/mol. The highest BCUT2D eigenvalue weighted by atomic mass is 16.5. The van der Waals surface area contributed by atoms with E-state index >= 15 is 0 Å². The molecule has 0 amide bonds. The van der Waals surface area contributed by atoms with Crippen LogP contribution in [0.25, 0.3) is 0 Å². The summed E-state index contributed by atoms with van der Waals surface area (Å²) in [4.78, 5) is 0. The second-order valence-corrected chi connectivity index (χ2v) is 5.31. The summed E-state index contributed by atoms with van der Waals surface area (Å²) >= 11 is 0. The quantitative estimate of drug-likeness (QED) is 0.827. The van der Waals surface area contributed by atoms with E-state index in [2.05, 4.69) is 26.0 Å². The Morgan fingerprint density at radius 2 is 1.65 bits per heavy atom. The molecule has 0 heterocycles. The summed E-state index contributed by atoms with van der Waals surface area (Å²) in [5.41, 5.74) is 8.23. The van der Waals surface area contributed by atoms with Gasteiger partial charge in [-0.15, -0.1) is 0 Å². The van der Waals surface area contributed by atoms with Crippen molar-refractivity contribution in [3.8, 4) is 11.5 Å². The number of hydrogen-bond acceptors (Lipinski definition) is 2. The fraction of sp³-hybridized carbons (Fsp3) is 0.333. The third kappa shape index (κ3) is 3.40. The molecular formula is C18H23NO. The molecule has 0 spiro atoms. The van der Waals surface area contributed by atoms with Crippen LogP contribution in [0.2, 0.25) is 0 Å². The van der Waals surface area contributed by atoms with Gasteiger partial charge in [0.05, 0.1) is 0 Å². The van der Waals surface area contributed by atoms with Crippen molar-refractivity contribution in [1.82, 2.24) is 0 Å². The maximum Gasteiger partial charge on any atom is 0.130 e. The van der Waals surface area contributed by atoms with Gasteiger partial charge < -0.3 is 10.5 Å². The summed E-state index contributed by atoms with van der Waals surface area (Å²) in [5.74, 6) is 2.29. The van der Waals surface area contributed by atoms with Gasteiger partial charge in [-0.05, 0) is 48.6 Å². The molecule has 2 rings (SSSR count). The van der Waals surface area contributed by atoms with Crippen LogP contribution in [0.15, 0.2) is 48.5 Å². The predicted octanol–water partition coefficient (Wildman–Crippen LogP) is 5.01. The van der Waals surface area contributed by atoms with Crippen molar-refractivity contribution in [3.05, 3.63) is 59.7 Å². The van der Waals surface area contributed by atoms with Gasteiger partial charge in [-0.2, -0.15) is 0 Å². The lowest BCUT2D eigenvalue weighted by Crippen LogP contribution is -2.04. The van der Waals surface area contributed by atoms with Crippen LogP contribution >= 0.6 is 0 Å². The highest BCUT2D eigenvalue weighted by Crippen LogP contribution is 2.32. The maximum absolute atomic E-state index is 6.03. The molecule has 2 aromatic carbocycles. The van der Waals surface area contributed by atoms with Gasteiger partial charge >= 0.3 is 0 Å². The van der Waals surface area contributed by atoms with Crippen molar-refractivity contribution in [2.45, 2.75) is 39.2 Å². The topological polar surface area (TPSA) is 35.2 Å². The molecule has 0 bridgehead atoms. The summed E-state index contributed by atoms with van der Waals surface area (Å²) < 4.78 is 6.03. The lowest BCUT2D eigenvalue weighted by molar-refractivity contribution is 0.470. The molecule has 2 nitrogen and oxygen atoms in total. The zero-order valence-corrected chi connectivity index (χ0v) is 12.5. The van der Waals surface area contributed by atoms with Crippen molar-refractivity contribution in [3.63, 3.8) is 0 Å². The molecule has 0 saturated carbocycles. The molecule has 1 unspecified atom stereocenters. The van der Waals surface area contributed by atoms with Gasteiger partial charge in [-0.25, -0.2) is 0 Å². The first-order valence-electron chi connectivity index (χ1n) is 7.24. The van der Waals surface area contributed by atoms with E-state index in [-0.39, 0.29) is 6.04 Å². The molecule has 2 N–H and O–H groups in total. The minimum atomic E-state index is 0.0523. The summed E-state index contributed by atoms with van der Waals surface area (Å²) in [6.07, 6.45) is 1.10. The van der Waals surface area contributed by atoms with Crippen LogP contribution < -0.4 is 10.5 Å². The molecule has 0 aliphatic rings. The molecule has 0 radical (unpaired) electrons. The Labute approximate surface area is 121 Å². The van der Waals surface area contributed by atoms with Gasteiger partial charge in [-0.3, -0.25) is 0 Å². The first-order chi connectivity index (χ1) is 9.61. The Kier molecular flexibility index (Phi) is 4.80. The number of rotatable bonds is 5. The van der Waals surface area contributed by atoms with Crippen molar-refractivity contribution < 1.29 is 4.74 Å². The van der Waals surface area contributed by atoms with Crippen molar-refractivity contribution in [2.24, 2.45) is 5.73 Å². The van der Waals surface area contributed by atoms with E-state index in [4.69, 9.17) is 10.5 Å². The Morgan fingerprint density at radius 3 is 2.25 bits per heavy atom. The number of nitrogens with two attached hydrogens (primary N) is 1. The Balaban J connectivity index is 2.21. The number of para-hydroxylation sites is 1. The van der Waals surface area contributed by atoms with Gasteiger partial charge in [0.25, 0.3) is 0 Å². The smallest absolute Gasteiger partial charge is 0.130 e. The van der Waals surface area contributed by atoms with Gasteiger partial charge in [0.15, 0.2) is 0 Å². The molecule has 0 aliphatic heterocycles. The molecule has 2 heteroatoms. The van der Waals surface area contributed by atoms with E-state index in [1.807, 2.05) is 43.3 Å². The normalized spacial score (nSPS) is 13.8. The molecule has 20 heavy (non-hydrogen) atoms. The number of ether oxygens (including phenoxy) is 1. The lowest BCUT2D eigenvalue weighted by Gasteiger charge is -2.15. The number of benzene rings is 2. The third-order valence-corrected chi connectivity index (χ3v) is 3.70. The fourth-order valence-electron chi connectivity index (χ4n) is 2.17. The van der Waals surface area contributed by atoms with Gasteiger partial charge in [0.2, 0.25) is 0 Å². The monoisotopic (exact) mass is 269 g/mol. The van der Waals surface area contributed by atoms with E-state index in [0.29, 0.717) is 5.92 Å². The molecule has 0 aromatic heterocycles. The SMILES string of the molecule is CCC(C)c1ccccc1Oc1ccc([C@H](C)N)cc1. The van der Waals surface area contributed by atoms with Gasteiger partial charge in [0, 0.05) is 6.04 Å². The molecule has 0 saturated heterocycles. The largest absolute Gasteiger partial charge is 0.457 e. The standard InChI is InChI=1S/C18H23NO/c1-4-13(2)17-7-5-6-8-18(17)20-16-11-9-15(10-12-16)14(3)19/h5-14H,4,19H2,1-3H3/t13?,14-/m0/s1. The first-order valence-corrected chi connectivity index (χ1v) is 7.24. The van der Waals surface area contributed by atoms with E-state index in [9.17, 15) is 0 Å². The molecular weight excluding hydrogens is 246 g/mol. The third-order valence-electron chi connectivity index (χ3n) is 3.70. The van der Waals surface area contributed by atoms with Crippen LogP contribution in [0.4, 0.5) is 0 Å². The van der Waals surface area contributed by atoms with Gasteiger partial charge in [-0.1, -0.05) is 44.2 Å². The van der Waals surface area contributed by atoms with Crippen molar-refractivity contribution in [2.75, 3.05) is 0 Å². The lowest BCUT2D eigenvalue weighted by atomic mass is 9.98. The Hall–Kier alpha value is -1.80. The molecule has 106 valence electrons. The zero-order valence-electron chi connectivity index (χ0n) is 12.5. The van der Waals surface area contributed by atoms with E-state index < -0.39 is 0 Å². The Bertz CT molecular complexity index is 546. The van der Waals surface area contributed by atoms with Crippen LogP contribution in [0.3, 0.4) is 0 Å². The summed E-state index contributed by atoms with van der Waals surface area (Å²) in [6, 6.07) is 16.3. The van der Waals surface area contributed by atoms with Crippen LogP contribution in [0.5, 0.6) is 11.5 Å². The molecule has 2 aromatic rings. The van der Waals surface area contributed by atoms with Gasteiger partial charge in [0.1, 0.15) is 11.5 Å². The average Bonchev–Trinajstić information content (AvgIpc) is 2.47. The summed E-state index contributed by atoms with van der Waals surface area (Å²) in [7, 11) is 0. The van der Waals surface area contributed by atoms with Crippen LogP contribution in [0.1, 0.15) is 50.3 Å². The minimum Gasteiger partial charge on any atom is -0.457 e. The van der Waals surface area contributed by atoms with Crippen molar-refractivity contribution >= 4 is 0 Å². The summed E-state index contributed by atoms with van der Waals surface area (Å²) in [6.45, 7) is 6.40. The highest BCUT2D eigenvalue weighted by molar-refractivity contribution is 5.40. The second kappa shape index (κ2) is 6.58. The molecule has 2 atom stereocenters. The second-order valence-electron chi connectivity index (χ2n) is 5.31. The van der Waals surface area contributed by atoms with E-state index in [1.165, 1.54) is 5.56 Å². The Morgan fingerprint density at radius 1 is 1.00 bits per heavy atom. The van der Waals surface area contributed by atoms with Crippen LogP contribution in [0, 0.1) is 0 Å². The molecule has 0 fully saturated rings. The first kappa shape index (κ1) is 14.6. The fourth-order valence-corrected chi connectivity index (χ4v) is 2.17. The zero-order chi connectivity index (χ0) is 14.5. The van der Waals surface area contributed by atoms with Crippen molar-refractivity contribution in [1.29, 1.82) is 0 Å². The van der Waals surface area contributed by atoms with E-state index in [0.717, 1.165) is 23.5 Å². The van der Waals surface area contributed by atoms with Crippen LogP contribution in [-0.4, -0.2) is 0 Å². The molecule has 0 aliphatic carbocycles. The minimum absolute atomic E-state index is 0.0523.